The number of aryl methyl sites for hydroxylation is 1. The van der Waals surface area contributed by atoms with Crippen LogP contribution in [0.5, 0.6) is 0 Å². The lowest BCUT2D eigenvalue weighted by atomic mass is 9.99. The van der Waals surface area contributed by atoms with Gasteiger partial charge in [-0.2, -0.15) is 0 Å². The molecular formula is C61H66Cl2N6O5S3. The molecule has 1 N–H and O–H groups in total. The molecule has 7 aromatic rings. The van der Waals surface area contributed by atoms with E-state index in [1.54, 1.807) is 72.4 Å². The maximum Gasteiger partial charge on any atom is 0.272 e. The number of amides is 3. The van der Waals surface area contributed by atoms with Crippen LogP contribution in [0, 0.1) is 12.8 Å². The second-order valence-electron chi connectivity index (χ2n) is 20.3. The van der Waals surface area contributed by atoms with E-state index in [1.165, 1.54) is 23.3 Å². The minimum absolute atomic E-state index is 0.0444. The predicted octanol–water partition coefficient (Wildman–Crippen LogP) is 14.1. The second-order valence-corrected chi connectivity index (χ2v) is 25.1. The molecule has 11 nitrogen and oxygen atoms in total. The van der Waals surface area contributed by atoms with Crippen molar-refractivity contribution in [3.63, 3.8) is 0 Å². The average Bonchev–Trinajstić information content (AvgIpc) is 4.08. The normalized spacial score (nSPS) is 16.8. The van der Waals surface area contributed by atoms with E-state index in [0.29, 0.717) is 49.7 Å². The van der Waals surface area contributed by atoms with Gasteiger partial charge in [0.1, 0.15) is 5.69 Å². The predicted molar refractivity (Wildman–Crippen MR) is 313 cm³/mol. The number of likely N-dealkylation sites (tertiary alicyclic amines) is 2. The van der Waals surface area contributed by atoms with Crippen molar-refractivity contribution in [2.75, 3.05) is 13.1 Å². The van der Waals surface area contributed by atoms with Crippen LogP contribution in [0.25, 0.3) is 10.8 Å². The summed E-state index contributed by atoms with van der Waals surface area (Å²) in [5.74, 6) is 1.91. The van der Waals surface area contributed by atoms with Crippen molar-refractivity contribution >= 4 is 85.1 Å². The highest BCUT2D eigenvalue weighted by atomic mass is 35.5. The zero-order valence-corrected chi connectivity index (χ0v) is 48.0. The van der Waals surface area contributed by atoms with Crippen LogP contribution in [0.1, 0.15) is 126 Å². The number of nitrogens with one attached hydrogen (secondary N) is 1. The molecule has 77 heavy (non-hydrogen) atoms. The molecule has 2 unspecified atom stereocenters. The highest BCUT2D eigenvalue weighted by molar-refractivity contribution is 7.99. The summed E-state index contributed by atoms with van der Waals surface area (Å²) < 4.78 is 26.2. The van der Waals surface area contributed by atoms with Gasteiger partial charge in [0.15, 0.2) is 9.84 Å². The number of aromatic nitrogens is 3. The number of nitrogens with zero attached hydrogens (tertiary/aromatic N) is 5. The first-order chi connectivity index (χ1) is 37.1. The Morgan fingerprint density at radius 1 is 0.662 bits per heavy atom. The molecule has 2 aliphatic heterocycles. The number of benzene rings is 4. The van der Waals surface area contributed by atoms with E-state index in [4.69, 9.17) is 23.2 Å². The third-order valence-electron chi connectivity index (χ3n) is 14.2. The molecule has 3 fully saturated rings. The average molecular weight is 1130 g/mol. The number of sulfone groups is 1. The molecule has 1 aliphatic carbocycles. The summed E-state index contributed by atoms with van der Waals surface area (Å²) in [6, 6.07) is 36.2. The van der Waals surface area contributed by atoms with Gasteiger partial charge in [0.2, 0.25) is 0 Å². The topological polar surface area (TPSA) is 143 Å². The minimum atomic E-state index is -3.61. The fourth-order valence-corrected chi connectivity index (χ4v) is 14.0. The quantitative estimate of drug-likeness (QED) is 0.111. The van der Waals surface area contributed by atoms with E-state index in [-0.39, 0.29) is 40.5 Å². The first-order valence-electron chi connectivity index (χ1n) is 26.3. The van der Waals surface area contributed by atoms with Crippen molar-refractivity contribution in [1.82, 2.24) is 30.1 Å². The number of fused-ring (bicyclic) bond motifs is 1. The smallest absolute Gasteiger partial charge is 0.272 e. The number of piperidine rings is 1. The first-order valence-corrected chi connectivity index (χ1v) is 30.7. The SMILES string of the molecule is CC1CCC(C)N1C(=O)c1cccc(CS(=O)(=O)c2cccc3ccccc23)n1.Cc1cccc(SCc2cncc(C(=O)N3CCC(C)CC3)c2)c1.O=C(NC1CCCC1)c1cncc(CSc2c(Cl)cccc2Cl)c1. The fourth-order valence-electron chi connectivity index (χ4n) is 9.90. The lowest BCUT2D eigenvalue weighted by molar-refractivity contribution is 0.0682. The van der Waals surface area contributed by atoms with Crippen LogP contribution in [-0.2, 0) is 27.1 Å². The van der Waals surface area contributed by atoms with Gasteiger partial charge in [-0.1, -0.05) is 109 Å². The van der Waals surface area contributed by atoms with Gasteiger partial charge in [0.05, 0.1) is 37.5 Å². The van der Waals surface area contributed by atoms with E-state index >= 15 is 0 Å². The molecule has 16 heteroatoms. The molecule has 0 spiro atoms. The van der Waals surface area contributed by atoms with Crippen molar-refractivity contribution in [2.24, 2.45) is 5.92 Å². The van der Waals surface area contributed by atoms with Gasteiger partial charge in [-0.25, -0.2) is 13.4 Å². The molecular weight excluding hydrogens is 1060 g/mol. The third-order valence-corrected chi connectivity index (χ3v) is 19.0. The summed E-state index contributed by atoms with van der Waals surface area (Å²) >= 11 is 15.7. The van der Waals surface area contributed by atoms with E-state index in [1.807, 2.05) is 90.5 Å². The molecule has 5 heterocycles. The monoisotopic (exact) mass is 1130 g/mol. The molecule has 3 aliphatic rings. The highest BCUT2D eigenvalue weighted by Gasteiger charge is 2.33. The number of hydrogen-bond acceptors (Lipinski definition) is 10. The number of thioether (sulfide) groups is 2. The number of rotatable bonds is 13. The molecule has 10 rings (SSSR count). The van der Waals surface area contributed by atoms with E-state index in [9.17, 15) is 22.8 Å². The Labute approximate surface area is 472 Å². The van der Waals surface area contributed by atoms with Crippen LogP contribution in [0.3, 0.4) is 0 Å². The van der Waals surface area contributed by atoms with Crippen LogP contribution in [0.4, 0.5) is 0 Å². The van der Waals surface area contributed by atoms with Gasteiger partial charge in [-0.05, 0) is 136 Å². The molecule has 402 valence electrons. The maximum atomic E-state index is 13.1. The summed E-state index contributed by atoms with van der Waals surface area (Å²) in [4.78, 5) is 57.0. The zero-order valence-electron chi connectivity index (χ0n) is 44.0. The van der Waals surface area contributed by atoms with Crippen molar-refractivity contribution in [3.8, 4) is 0 Å². The number of pyridine rings is 3. The van der Waals surface area contributed by atoms with Crippen molar-refractivity contribution in [3.05, 3.63) is 189 Å². The van der Waals surface area contributed by atoms with E-state index in [2.05, 4.69) is 58.4 Å². The second kappa shape index (κ2) is 27.2. The number of halogens is 2. The fraction of sp³-hybridized carbons (Fsp3) is 0.344. The van der Waals surface area contributed by atoms with Crippen LogP contribution in [0.2, 0.25) is 10.0 Å². The van der Waals surface area contributed by atoms with Crippen molar-refractivity contribution in [2.45, 2.75) is 129 Å². The summed E-state index contributed by atoms with van der Waals surface area (Å²) in [5, 5.41) is 5.93. The maximum absolute atomic E-state index is 13.1. The standard InChI is InChI=1S/C23H24N2O3S.C20H24N2OS.C18H18Cl2N2OS/c1-16-13-14-17(2)25(16)23(26)21-11-6-9-19(24-21)15-29(27,28)22-12-5-8-18-7-3-4-10-20(18)22;1-15-6-8-22(9-7-15)20(23)18-11-17(12-21-13-18)14-24-19-5-3-4-16(2)10-19;19-15-6-3-7-16(20)17(15)24-11-12-8-13(10-21-9-12)18(23)22-14-4-1-2-5-14/h3-12,16-17H,13-15H2,1-2H3;3-5,10-13,15H,6-9,14H2,1-2H3;3,6-10,14H,1-2,4-5,11H2,(H,22,23). The molecule has 0 bridgehead atoms. The van der Waals surface area contributed by atoms with Crippen LogP contribution >= 0.6 is 46.7 Å². The Hall–Kier alpha value is -5.77. The number of carbonyl (C=O) groups is 3. The molecule has 2 saturated heterocycles. The van der Waals surface area contributed by atoms with Gasteiger partial charge in [-0.15, -0.1) is 23.5 Å². The summed E-state index contributed by atoms with van der Waals surface area (Å²) in [6.07, 6.45) is 15.6. The first kappa shape index (κ1) is 57.4. The van der Waals surface area contributed by atoms with Crippen LogP contribution in [-0.4, -0.2) is 82.1 Å². The molecule has 3 aromatic heterocycles. The Bertz CT molecular complexity index is 3260. The number of carbonyl (C=O) groups excluding carboxylic acids is 3. The van der Waals surface area contributed by atoms with Gasteiger partial charge >= 0.3 is 0 Å². The van der Waals surface area contributed by atoms with Crippen molar-refractivity contribution in [1.29, 1.82) is 0 Å². The number of hydrogen-bond donors (Lipinski definition) is 1. The zero-order chi connectivity index (χ0) is 54.5. The third kappa shape index (κ3) is 15.7. The van der Waals surface area contributed by atoms with Gasteiger partial charge in [0.25, 0.3) is 17.7 Å². The van der Waals surface area contributed by atoms with E-state index in [0.717, 1.165) is 84.7 Å². The lowest BCUT2D eigenvalue weighted by Crippen LogP contribution is -2.39. The summed E-state index contributed by atoms with van der Waals surface area (Å²) in [6.45, 7) is 10.2. The minimum Gasteiger partial charge on any atom is -0.349 e. The largest absolute Gasteiger partial charge is 0.349 e. The Kier molecular flexibility index (Phi) is 20.3. The van der Waals surface area contributed by atoms with Crippen molar-refractivity contribution < 1.29 is 22.8 Å². The lowest BCUT2D eigenvalue weighted by Gasteiger charge is -2.30. The van der Waals surface area contributed by atoms with Crippen LogP contribution in [0.15, 0.2) is 155 Å². The summed E-state index contributed by atoms with van der Waals surface area (Å²) in [5.41, 5.74) is 5.32. The molecule has 0 radical (unpaired) electrons. The Morgan fingerprint density at radius 2 is 1.27 bits per heavy atom. The van der Waals surface area contributed by atoms with E-state index < -0.39 is 9.84 Å². The molecule has 1 saturated carbocycles. The van der Waals surface area contributed by atoms with Gasteiger partial charge < -0.3 is 15.1 Å². The van der Waals surface area contributed by atoms with Crippen LogP contribution < -0.4 is 5.32 Å². The Morgan fingerprint density at radius 3 is 1.97 bits per heavy atom. The van der Waals surface area contributed by atoms with Gasteiger partial charge in [0, 0.05) is 82.7 Å². The van der Waals surface area contributed by atoms with Gasteiger partial charge in [-0.3, -0.25) is 24.4 Å². The molecule has 4 aromatic carbocycles. The molecule has 2 atom stereocenters. The summed E-state index contributed by atoms with van der Waals surface area (Å²) in [7, 11) is -3.61. The molecule has 3 amide bonds. The Balaban J connectivity index is 0.000000154. The highest BCUT2D eigenvalue weighted by Crippen LogP contribution is 2.36.